The summed E-state index contributed by atoms with van der Waals surface area (Å²) in [5.74, 6) is -4.45. The summed E-state index contributed by atoms with van der Waals surface area (Å²) in [6.45, 7) is 13.8. The molecule has 324 valence electrons. The number of ether oxygens (including phenoxy) is 2. The number of halogens is 2. The number of nitrogens with zero attached hydrogens (tertiary/aromatic N) is 3. The molecule has 1 saturated heterocycles. The standard InChI is InChI=1S/C48H57BrFN3O7Si/c1-28-17-15-16-22-53(28)25-33-38(49)42(57-26-29-18-11-9-12-19-29)36-32(39(33)50)23-31-24-34-40(52(5)6)43-37(46(51-59-43)58-27-30-20-13-10-14-21-30)45(56)48(34,44(55)35(31)41(36)54)60-61(7,8)47(2,3)4/h9-14,18-21,28,31,34-35,40H,15-17,22-27H2,1-8H3/t28-,31-,34-,35?,40-,48-/m0/s1. The molecule has 0 bridgehead atoms. The topological polar surface area (TPSA) is 111 Å². The molecule has 0 radical (unpaired) electrons. The zero-order chi connectivity index (χ0) is 43.6. The van der Waals surface area contributed by atoms with Gasteiger partial charge in [-0.15, -0.1) is 0 Å². The van der Waals surface area contributed by atoms with Crippen molar-refractivity contribution in [2.75, 3.05) is 20.6 Å². The van der Waals surface area contributed by atoms with E-state index in [1.807, 2.05) is 92.8 Å². The second kappa shape index (κ2) is 16.6. The van der Waals surface area contributed by atoms with Crippen molar-refractivity contribution in [3.05, 3.63) is 110 Å². The summed E-state index contributed by atoms with van der Waals surface area (Å²) in [7, 11) is 0.766. The molecular formula is C48H57BrFN3O7Si. The molecule has 4 aromatic rings. The monoisotopic (exact) mass is 913 g/mol. The first kappa shape index (κ1) is 43.6. The molecule has 6 atom stereocenters. The van der Waals surface area contributed by atoms with Crippen LogP contribution in [-0.2, 0) is 35.4 Å². The Bertz CT molecular complexity index is 2330. The van der Waals surface area contributed by atoms with Crippen molar-refractivity contribution in [2.24, 2.45) is 17.8 Å². The normalized spacial score (nSPS) is 25.5. The third-order valence-corrected chi connectivity index (χ3v) is 19.4. The Labute approximate surface area is 367 Å². The SMILES string of the molecule is C[C@H]1CCCCN1Cc1c(F)c2c(c(OCc3ccccc3)c1Br)C(=O)C1C(=O)[C@]3(O[Si](C)(C)C(C)(C)C)C(=O)c4c(OCc5ccccc5)noc4[C@@H](N(C)C)[C@@H]3C[C@@H]1C2. The van der Waals surface area contributed by atoms with Gasteiger partial charge in [0.25, 0.3) is 5.88 Å². The minimum absolute atomic E-state index is 0.0271. The predicted octanol–water partition coefficient (Wildman–Crippen LogP) is 9.93. The van der Waals surface area contributed by atoms with Gasteiger partial charge in [-0.05, 0) is 110 Å². The Morgan fingerprint density at radius 1 is 0.967 bits per heavy atom. The molecule has 4 aliphatic rings. The Kier molecular flexibility index (Phi) is 11.9. The van der Waals surface area contributed by atoms with Crippen molar-refractivity contribution in [3.8, 4) is 11.6 Å². The first-order chi connectivity index (χ1) is 29.0. The predicted molar refractivity (Wildman–Crippen MR) is 236 cm³/mol. The average Bonchev–Trinajstić information content (AvgIpc) is 3.64. The summed E-state index contributed by atoms with van der Waals surface area (Å²) < 4.78 is 43.9. The van der Waals surface area contributed by atoms with E-state index < -0.39 is 65.9 Å². The number of hydrogen-bond acceptors (Lipinski definition) is 10. The van der Waals surface area contributed by atoms with E-state index in [9.17, 15) is 0 Å². The highest BCUT2D eigenvalue weighted by atomic mass is 79.9. The molecular weight excluding hydrogens is 858 g/mol. The molecule has 8 rings (SSSR count). The Morgan fingerprint density at radius 2 is 1.61 bits per heavy atom. The molecule has 1 saturated carbocycles. The largest absolute Gasteiger partial charge is 0.487 e. The van der Waals surface area contributed by atoms with Crippen molar-refractivity contribution in [3.63, 3.8) is 0 Å². The third-order valence-electron chi connectivity index (χ3n) is 14.1. The summed E-state index contributed by atoms with van der Waals surface area (Å²) in [5.41, 5.74) is 0.443. The molecule has 1 aliphatic heterocycles. The van der Waals surface area contributed by atoms with Crippen LogP contribution in [0.1, 0.15) is 108 Å². The Hall–Kier alpha value is -4.01. The molecule has 1 unspecified atom stereocenters. The number of carbonyl (C=O) groups excluding carboxylic acids is 3. The van der Waals surface area contributed by atoms with E-state index in [0.717, 1.165) is 36.9 Å². The van der Waals surface area contributed by atoms with Gasteiger partial charge in [-0.3, -0.25) is 24.2 Å². The number of fused-ring (bicyclic) bond motifs is 4. The molecule has 0 amide bonds. The highest BCUT2D eigenvalue weighted by Gasteiger charge is 2.70. The van der Waals surface area contributed by atoms with Gasteiger partial charge < -0.3 is 18.4 Å². The third kappa shape index (κ3) is 7.55. The van der Waals surface area contributed by atoms with Crippen LogP contribution >= 0.6 is 15.9 Å². The van der Waals surface area contributed by atoms with E-state index in [2.05, 4.69) is 53.7 Å². The van der Waals surface area contributed by atoms with Crippen LogP contribution in [0.15, 0.2) is 69.7 Å². The number of Topliss-reactive ketones (excluding diaryl/α,β-unsaturated/α-hetero) is 3. The van der Waals surface area contributed by atoms with Crippen molar-refractivity contribution in [1.29, 1.82) is 0 Å². The van der Waals surface area contributed by atoms with Crippen molar-refractivity contribution in [2.45, 2.75) is 115 Å². The molecule has 2 fully saturated rings. The van der Waals surface area contributed by atoms with Crippen molar-refractivity contribution in [1.82, 2.24) is 15.0 Å². The number of carbonyl (C=O) groups is 3. The van der Waals surface area contributed by atoms with E-state index in [0.29, 0.717) is 16.6 Å². The number of piperidine rings is 1. The molecule has 3 aromatic carbocycles. The molecule has 0 spiro atoms. The number of benzene rings is 3. The van der Waals surface area contributed by atoms with Gasteiger partial charge in [-0.2, -0.15) is 0 Å². The molecule has 3 aliphatic carbocycles. The van der Waals surface area contributed by atoms with Gasteiger partial charge in [0.05, 0.1) is 22.0 Å². The van der Waals surface area contributed by atoms with Gasteiger partial charge in [-0.1, -0.05) is 87.9 Å². The van der Waals surface area contributed by atoms with Gasteiger partial charge in [0.2, 0.25) is 5.78 Å². The Morgan fingerprint density at radius 3 is 2.21 bits per heavy atom. The van der Waals surface area contributed by atoms with Crippen LogP contribution in [0.2, 0.25) is 18.1 Å². The van der Waals surface area contributed by atoms with Crippen LogP contribution in [0.25, 0.3) is 0 Å². The minimum Gasteiger partial charge on any atom is -0.487 e. The number of aromatic nitrogens is 1. The Balaban J connectivity index is 1.27. The highest BCUT2D eigenvalue weighted by Crippen LogP contribution is 2.59. The average molecular weight is 915 g/mol. The van der Waals surface area contributed by atoms with Crippen molar-refractivity contribution >= 4 is 41.6 Å². The zero-order valence-electron chi connectivity index (χ0n) is 36.5. The lowest BCUT2D eigenvalue weighted by Gasteiger charge is -2.56. The number of hydrogen-bond donors (Lipinski definition) is 0. The summed E-state index contributed by atoms with van der Waals surface area (Å²) in [6.07, 6.45) is 3.50. The summed E-state index contributed by atoms with van der Waals surface area (Å²) in [6, 6.07) is 18.7. The van der Waals surface area contributed by atoms with Crippen molar-refractivity contribution < 1.29 is 37.2 Å². The molecule has 61 heavy (non-hydrogen) atoms. The lowest BCUT2D eigenvalue weighted by atomic mass is 9.54. The molecule has 13 heteroatoms. The molecule has 0 N–H and O–H groups in total. The van der Waals surface area contributed by atoms with Crippen LogP contribution in [0.3, 0.4) is 0 Å². The lowest BCUT2D eigenvalue weighted by molar-refractivity contribution is -0.151. The van der Waals surface area contributed by atoms with Gasteiger partial charge in [0.1, 0.15) is 30.3 Å². The van der Waals surface area contributed by atoms with E-state index in [-0.39, 0.29) is 66.2 Å². The molecule has 10 nitrogen and oxygen atoms in total. The fraction of sp³-hybridized carbons (Fsp3) is 0.500. The van der Waals surface area contributed by atoms with Gasteiger partial charge in [-0.25, -0.2) is 4.39 Å². The number of likely N-dealkylation sites (tertiary alicyclic amines) is 1. The van der Waals surface area contributed by atoms with Crippen LogP contribution < -0.4 is 9.47 Å². The fourth-order valence-corrected chi connectivity index (χ4v) is 11.9. The summed E-state index contributed by atoms with van der Waals surface area (Å²) >= 11 is 3.74. The van der Waals surface area contributed by atoms with Crippen LogP contribution in [-0.4, -0.2) is 72.9 Å². The fourth-order valence-electron chi connectivity index (χ4n) is 9.88. The maximum atomic E-state index is 17.4. The number of rotatable bonds is 11. The summed E-state index contributed by atoms with van der Waals surface area (Å²) in [5, 5.41) is 3.87. The van der Waals surface area contributed by atoms with E-state index >= 15 is 18.8 Å². The molecule has 2 heterocycles. The van der Waals surface area contributed by atoms with Gasteiger partial charge in [0.15, 0.2) is 31.2 Å². The lowest BCUT2D eigenvalue weighted by Crippen LogP contribution is -2.70. The minimum atomic E-state index is -2.97. The first-order valence-corrected chi connectivity index (χ1v) is 25.3. The second-order valence-electron chi connectivity index (χ2n) is 19.2. The smallest absolute Gasteiger partial charge is 0.265 e. The van der Waals surface area contributed by atoms with E-state index in [1.54, 1.807) is 0 Å². The maximum absolute atomic E-state index is 17.4. The quantitative estimate of drug-likeness (QED) is 0.107. The molecule has 1 aromatic heterocycles. The van der Waals surface area contributed by atoms with Gasteiger partial charge in [0, 0.05) is 29.6 Å². The van der Waals surface area contributed by atoms with E-state index in [4.69, 9.17) is 18.4 Å². The van der Waals surface area contributed by atoms with Gasteiger partial charge >= 0.3 is 0 Å². The maximum Gasteiger partial charge on any atom is 0.265 e. The second-order valence-corrected chi connectivity index (χ2v) is 24.7. The summed E-state index contributed by atoms with van der Waals surface area (Å²) in [4.78, 5) is 51.3. The number of ketones is 3. The zero-order valence-corrected chi connectivity index (χ0v) is 39.1. The highest BCUT2D eigenvalue weighted by molar-refractivity contribution is 9.10. The van der Waals surface area contributed by atoms with Crippen LogP contribution in [0.4, 0.5) is 4.39 Å². The van der Waals surface area contributed by atoms with Crippen LogP contribution in [0.5, 0.6) is 11.6 Å². The first-order valence-electron chi connectivity index (χ1n) is 21.6. The van der Waals surface area contributed by atoms with Crippen LogP contribution in [0, 0.1) is 23.6 Å². The van der Waals surface area contributed by atoms with E-state index in [1.165, 1.54) is 0 Å².